The lowest BCUT2D eigenvalue weighted by molar-refractivity contribution is -0.0121. The van der Waals surface area contributed by atoms with Crippen molar-refractivity contribution in [1.29, 1.82) is 0 Å². The van der Waals surface area contributed by atoms with E-state index in [1.807, 2.05) is 0 Å². The van der Waals surface area contributed by atoms with E-state index in [-0.39, 0.29) is 17.7 Å². The molecule has 2 aromatic rings. The van der Waals surface area contributed by atoms with Gasteiger partial charge in [0.2, 0.25) is 0 Å². The van der Waals surface area contributed by atoms with Crippen LogP contribution in [0.3, 0.4) is 0 Å². The van der Waals surface area contributed by atoms with Crippen LogP contribution < -0.4 is 10.6 Å². The molecule has 164 valence electrons. The maximum absolute atomic E-state index is 12.2. The van der Waals surface area contributed by atoms with Gasteiger partial charge in [0.15, 0.2) is 11.5 Å². The van der Waals surface area contributed by atoms with Crippen molar-refractivity contribution in [1.82, 2.24) is 30.0 Å². The first-order chi connectivity index (χ1) is 13.7. The predicted octanol–water partition coefficient (Wildman–Crippen LogP) is 2.09. The van der Waals surface area contributed by atoms with Gasteiger partial charge in [0, 0.05) is 12.4 Å². The number of ether oxygens (including phenoxy) is 2. The number of hydrogen-bond acceptors (Lipinski definition) is 9. The second-order valence-electron chi connectivity index (χ2n) is 8.55. The Bertz CT molecular complexity index is 898. The molecule has 0 aliphatic heterocycles. The molecular weight excluding hydrogens is 394 g/mol. The molecular formula is C18H27N7O5. The Kier molecular flexibility index (Phi) is 6.30. The quantitative estimate of drug-likeness (QED) is 0.630. The lowest BCUT2D eigenvalue weighted by atomic mass is 10.2. The Morgan fingerprint density at radius 1 is 0.967 bits per heavy atom. The van der Waals surface area contributed by atoms with Crippen molar-refractivity contribution in [2.24, 2.45) is 0 Å². The second kappa shape index (κ2) is 8.22. The van der Waals surface area contributed by atoms with Crippen molar-refractivity contribution in [3.63, 3.8) is 0 Å². The number of aliphatic hydroxyl groups is 1. The normalized spacial score (nSPS) is 13.9. The summed E-state index contributed by atoms with van der Waals surface area (Å²) in [4.78, 5) is 36.5. The number of nitrogens with zero attached hydrogens (tertiary/aromatic N) is 5. The summed E-state index contributed by atoms with van der Waals surface area (Å²) in [7, 11) is 0. The van der Waals surface area contributed by atoms with Crippen molar-refractivity contribution in [2.45, 2.75) is 65.4 Å². The Balaban J connectivity index is 2.37. The number of nitrogens with one attached hydrogen (secondary N) is 2. The Morgan fingerprint density at radius 3 is 2.03 bits per heavy atom. The summed E-state index contributed by atoms with van der Waals surface area (Å²) >= 11 is 0. The van der Waals surface area contributed by atoms with Crippen LogP contribution in [0.4, 0.5) is 15.5 Å². The fraction of sp³-hybridized carbons (Fsp3) is 0.556. The van der Waals surface area contributed by atoms with Crippen LogP contribution in [0.1, 0.15) is 54.3 Å². The third-order valence-corrected chi connectivity index (χ3v) is 3.14. The molecule has 2 amide bonds. The molecule has 0 aromatic carbocycles. The van der Waals surface area contributed by atoms with Gasteiger partial charge in [-0.25, -0.2) is 19.6 Å². The highest BCUT2D eigenvalue weighted by Crippen LogP contribution is 2.21. The van der Waals surface area contributed by atoms with E-state index in [1.165, 1.54) is 19.3 Å². The Hall–Kier alpha value is -3.28. The first kappa shape index (κ1) is 23.0. The van der Waals surface area contributed by atoms with E-state index in [4.69, 9.17) is 9.47 Å². The SMILES string of the molecule is CC(C)(C)OC(=O)Nc1nc([C@](C)(O)NC(=O)OC(C)(C)C)n(-c2ncccn2)n1. The highest BCUT2D eigenvalue weighted by Gasteiger charge is 2.35. The van der Waals surface area contributed by atoms with E-state index in [0.29, 0.717) is 0 Å². The number of carbonyl (C=O) groups excluding carboxylic acids is 2. The van der Waals surface area contributed by atoms with Crippen LogP contribution in [-0.4, -0.2) is 53.2 Å². The molecule has 0 fully saturated rings. The van der Waals surface area contributed by atoms with Crippen LogP contribution in [0.5, 0.6) is 0 Å². The maximum atomic E-state index is 12.2. The lowest BCUT2D eigenvalue weighted by Gasteiger charge is -2.26. The molecule has 0 unspecified atom stereocenters. The molecule has 12 nitrogen and oxygen atoms in total. The first-order valence-electron chi connectivity index (χ1n) is 9.15. The number of anilines is 1. The highest BCUT2D eigenvalue weighted by atomic mass is 16.6. The lowest BCUT2D eigenvalue weighted by Crippen LogP contribution is -2.47. The standard InChI is InChI=1S/C18H27N7O5/c1-16(2,3)29-14(26)22-12-21-11(25(24-12)13-19-9-8-10-20-13)18(7,28)23-15(27)30-17(4,5)6/h8-10,28H,1-7H3,(H,23,27)(H,22,24,26)/t18-/m0/s1. The van der Waals surface area contributed by atoms with Crippen LogP contribution >= 0.6 is 0 Å². The number of alkyl carbamates (subject to hydrolysis) is 1. The van der Waals surface area contributed by atoms with E-state index in [9.17, 15) is 14.7 Å². The van der Waals surface area contributed by atoms with Crippen LogP contribution in [0.15, 0.2) is 18.5 Å². The van der Waals surface area contributed by atoms with Crippen molar-refractivity contribution < 1.29 is 24.2 Å². The summed E-state index contributed by atoms with van der Waals surface area (Å²) in [6, 6.07) is 1.59. The molecule has 2 heterocycles. The molecule has 0 spiro atoms. The average Bonchev–Trinajstić information content (AvgIpc) is 2.96. The molecule has 12 heteroatoms. The van der Waals surface area contributed by atoms with Crippen molar-refractivity contribution in [3.8, 4) is 5.95 Å². The number of rotatable bonds is 4. The zero-order chi connectivity index (χ0) is 22.7. The summed E-state index contributed by atoms with van der Waals surface area (Å²) in [5.74, 6) is -0.285. The number of hydrogen-bond donors (Lipinski definition) is 3. The topological polar surface area (TPSA) is 153 Å². The van der Waals surface area contributed by atoms with Crippen LogP contribution in [0, 0.1) is 0 Å². The zero-order valence-electron chi connectivity index (χ0n) is 18.0. The fourth-order valence-electron chi connectivity index (χ4n) is 2.17. The summed E-state index contributed by atoms with van der Waals surface area (Å²) < 4.78 is 11.4. The Morgan fingerprint density at radius 2 is 1.50 bits per heavy atom. The average molecular weight is 421 g/mol. The van der Waals surface area contributed by atoms with Gasteiger partial charge in [-0.15, -0.1) is 5.10 Å². The zero-order valence-corrected chi connectivity index (χ0v) is 18.0. The molecule has 30 heavy (non-hydrogen) atoms. The van der Waals surface area contributed by atoms with Crippen molar-refractivity contribution in [2.75, 3.05) is 5.32 Å². The summed E-state index contributed by atoms with van der Waals surface area (Å²) in [6.45, 7) is 11.4. The summed E-state index contributed by atoms with van der Waals surface area (Å²) in [6.07, 6.45) is 1.26. The fourth-order valence-corrected chi connectivity index (χ4v) is 2.17. The van der Waals surface area contributed by atoms with E-state index in [1.54, 1.807) is 47.6 Å². The van der Waals surface area contributed by atoms with Gasteiger partial charge in [-0.05, 0) is 54.5 Å². The first-order valence-corrected chi connectivity index (χ1v) is 9.15. The molecule has 0 saturated carbocycles. The van der Waals surface area contributed by atoms with Crippen LogP contribution in [0.2, 0.25) is 0 Å². The highest BCUT2D eigenvalue weighted by molar-refractivity contribution is 5.82. The molecule has 1 atom stereocenters. The van der Waals surface area contributed by atoms with Gasteiger partial charge in [-0.3, -0.25) is 10.6 Å². The summed E-state index contributed by atoms with van der Waals surface area (Å²) in [5.41, 5.74) is -3.55. The molecule has 0 aliphatic rings. The van der Waals surface area contributed by atoms with Gasteiger partial charge >= 0.3 is 12.2 Å². The minimum atomic E-state index is -2.04. The largest absolute Gasteiger partial charge is 0.444 e. The Labute approximate surface area is 174 Å². The maximum Gasteiger partial charge on any atom is 0.414 e. The molecule has 0 radical (unpaired) electrons. The van der Waals surface area contributed by atoms with Crippen molar-refractivity contribution in [3.05, 3.63) is 24.3 Å². The number of aromatic nitrogens is 5. The minimum absolute atomic E-state index is 0.0588. The number of amides is 2. The molecule has 3 N–H and O–H groups in total. The van der Waals surface area contributed by atoms with Gasteiger partial charge in [-0.1, -0.05) is 0 Å². The van der Waals surface area contributed by atoms with Crippen LogP contribution in [-0.2, 0) is 15.2 Å². The summed E-state index contributed by atoms with van der Waals surface area (Å²) in [5, 5.41) is 19.7. The monoisotopic (exact) mass is 421 g/mol. The molecule has 0 bridgehead atoms. The molecule has 0 saturated heterocycles. The van der Waals surface area contributed by atoms with E-state index in [2.05, 4.69) is 30.7 Å². The van der Waals surface area contributed by atoms with Gasteiger partial charge in [0.05, 0.1) is 0 Å². The van der Waals surface area contributed by atoms with E-state index in [0.717, 1.165) is 4.68 Å². The van der Waals surface area contributed by atoms with Gasteiger partial charge in [0.25, 0.3) is 11.9 Å². The van der Waals surface area contributed by atoms with Gasteiger partial charge in [-0.2, -0.15) is 9.67 Å². The van der Waals surface area contributed by atoms with E-state index < -0.39 is 29.1 Å². The number of carbonyl (C=O) groups is 2. The minimum Gasteiger partial charge on any atom is -0.444 e. The predicted molar refractivity (Wildman–Crippen MR) is 106 cm³/mol. The van der Waals surface area contributed by atoms with Crippen molar-refractivity contribution >= 4 is 18.1 Å². The molecule has 2 aromatic heterocycles. The van der Waals surface area contributed by atoms with Crippen LogP contribution in [0.25, 0.3) is 5.95 Å². The molecule has 0 aliphatic carbocycles. The second-order valence-corrected chi connectivity index (χ2v) is 8.55. The third kappa shape index (κ3) is 6.65. The molecule has 2 rings (SSSR count). The van der Waals surface area contributed by atoms with Gasteiger partial charge in [0.1, 0.15) is 11.2 Å². The third-order valence-electron chi connectivity index (χ3n) is 3.14. The smallest absolute Gasteiger partial charge is 0.414 e. The van der Waals surface area contributed by atoms with Gasteiger partial charge < -0.3 is 14.6 Å². The van der Waals surface area contributed by atoms with E-state index >= 15 is 0 Å².